The van der Waals surface area contributed by atoms with Crippen molar-refractivity contribution in [2.45, 2.75) is 25.7 Å². The van der Waals surface area contributed by atoms with Gasteiger partial charge in [0.25, 0.3) is 0 Å². The molecule has 0 fully saturated rings. The number of nitrogens with two attached hydrogens (primary N) is 1. The summed E-state index contributed by atoms with van der Waals surface area (Å²) in [5.41, 5.74) is 9.68. The fraction of sp³-hybridized carbons (Fsp3) is 0.500. The Labute approximate surface area is 86.6 Å². The second kappa shape index (κ2) is 3.07. The van der Waals surface area contributed by atoms with Gasteiger partial charge in [0, 0.05) is 23.2 Å². The number of imidazole rings is 1. The molecular formula is C10H13N3S. The number of rotatable bonds is 2. The zero-order valence-corrected chi connectivity index (χ0v) is 8.81. The van der Waals surface area contributed by atoms with Crippen LogP contribution >= 0.6 is 11.3 Å². The van der Waals surface area contributed by atoms with E-state index in [4.69, 9.17) is 5.73 Å². The van der Waals surface area contributed by atoms with Gasteiger partial charge in [-0.25, -0.2) is 4.98 Å². The summed E-state index contributed by atoms with van der Waals surface area (Å²) < 4.78 is 2.32. The van der Waals surface area contributed by atoms with E-state index in [0.29, 0.717) is 0 Å². The first kappa shape index (κ1) is 8.44. The molecule has 4 heteroatoms. The first-order valence-electron chi connectivity index (χ1n) is 5.07. The number of hydrogen-bond donors (Lipinski definition) is 1. The van der Waals surface area contributed by atoms with Gasteiger partial charge in [-0.1, -0.05) is 0 Å². The van der Waals surface area contributed by atoms with Crippen molar-refractivity contribution in [2.24, 2.45) is 5.73 Å². The van der Waals surface area contributed by atoms with Gasteiger partial charge in [-0.05, 0) is 25.8 Å². The Balaban J connectivity index is 2.22. The van der Waals surface area contributed by atoms with Crippen LogP contribution in [0, 0.1) is 0 Å². The molecule has 0 aliphatic heterocycles. The number of fused-ring (bicyclic) bond motifs is 3. The molecule has 0 atom stereocenters. The van der Waals surface area contributed by atoms with Gasteiger partial charge in [0.15, 0.2) is 4.96 Å². The lowest BCUT2D eigenvalue weighted by Gasteiger charge is -1.99. The molecule has 2 N–H and O–H groups in total. The Morgan fingerprint density at radius 1 is 1.50 bits per heavy atom. The maximum atomic E-state index is 5.60. The average molecular weight is 207 g/mol. The standard InChI is InChI=1S/C10H13N3S/c11-5-4-7-6-14-10-12-8-2-1-3-9(8)13(7)10/h6H,1-5,11H2. The van der Waals surface area contributed by atoms with Crippen LogP contribution in [0.2, 0.25) is 0 Å². The van der Waals surface area contributed by atoms with Gasteiger partial charge in [0.2, 0.25) is 0 Å². The van der Waals surface area contributed by atoms with Crippen molar-refractivity contribution in [3.8, 4) is 0 Å². The smallest absolute Gasteiger partial charge is 0.194 e. The van der Waals surface area contributed by atoms with Gasteiger partial charge >= 0.3 is 0 Å². The Morgan fingerprint density at radius 3 is 3.29 bits per heavy atom. The van der Waals surface area contributed by atoms with E-state index in [1.807, 2.05) is 0 Å². The zero-order chi connectivity index (χ0) is 9.54. The quantitative estimate of drug-likeness (QED) is 0.808. The highest BCUT2D eigenvalue weighted by molar-refractivity contribution is 7.15. The molecule has 74 valence electrons. The van der Waals surface area contributed by atoms with Crippen molar-refractivity contribution >= 4 is 16.3 Å². The van der Waals surface area contributed by atoms with Crippen molar-refractivity contribution in [2.75, 3.05) is 6.54 Å². The second-order valence-electron chi connectivity index (χ2n) is 3.74. The first-order valence-corrected chi connectivity index (χ1v) is 5.95. The Hall–Kier alpha value is -0.870. The van der Waals surface area contributed by atoms with Crippen LogP contribution in [0.5, 0.6) is 0 Å². The summed E-state index contributed by atoms with van der Waals surface area (Å²) in [6.07, 6.45) is 4.57. The topological polar surface area (TPSA) is 43.3 Å². The monoisotopic (exact) mass is 207 g/mol. The SMILES string of the molecule is NCCc1csc2nc3c(n12)CCC3. The maximum absolute atomic E-state index is 5.60. The summed E-state index contributed by atoms with van der Waals surface area (Å²) in [7, 11) is 0. The molecule has 1 aliphatic carbocycles. The summed E-state index contributed by atoms with van der Waals surface area (Å²) in [5, 5.41) is 2.19. The molecule has 2 aromatic rings. The maximum Gasteiger partial charge on any atom is 0.194 e. The molecule has 0 amide bonds. The molecule has 0 radical (unpaired) electrons. The van der Waals surface area contributed by atoms with Gasteiger partial charge in [0.1, 0.15) is 0 Å². The van der Waals surface area contributed by atoms with Crippen LogP contribution in [0.15, 0.2) is 5.38 Å². The fourth-order valence-corrected chi connectivity index (χ4v) is 3.18. The predicted octanol–water partition coefficient (Wildman–Crippen LogP) is 1.39. The third-order valence-corrected chi connectivity index (χ3v) is 3.71. The minimum Gasteiger partial charge on any atom is -0.330 e. The van der Waals surface area contributed by atoms with Crippen molar-refractivity contribution < 1.29 is 0 Å². The number of nitrogens with zero attached hydrogens (tertiary/aromatic N) is 2. The van der Waals surface area contributed by atoms with Crippen molar-refractivity contribution in [1.29, 1.82) is 0 Å². The van der Waals surface area contributed by atoms with Gasteiger partial charge in [-0.15, -0.1) is 11.3 Å². The lowest BCUT2D eigenvalue weighted by Crippen LogP contribution is -2.05. The van der Waals surface area contributed by atoms with Crippen LogP contribution in [0.3, 0.4) is 0 Å². The second-order valence-corrected chi connectivity index (χ2v) is 4.58. The summed E-state index contributed by atoms with van der Waals surface area (Å²) in [6.45, 7) is 0.721. The molecule has 2 aromatic heterocycles. The largest absolute Gasteiger partial charge is 0.330 e. The summed E-state index contributed by atoms with van der Waals surface area (Å²) in [5.74, 6) is 0. The molecule has 3 nitrogen and oxygen atoms in total. The minimum atomic E-state index is 0.721. The number of aromatic nitrogens is 2. The molecule has 14 heavy (non-hydrogen) atoms. The Bertz CT molecular complexity index is 469. The van der Waals surface area contributed by atoms with Crippen molar-refractivity contribution in [1.82, 2.24) is 9.38 Å². The molecule has 3 rings (SSSR count). The van der Waals surface area contributed by atoms with Crippen LogP contribution < -0.4 is 5.73 Å². The highest BCUT2D eigenvalue weighted by Gasteiger charge is 2.20. The number of hydrogen-bond acceptors (Lipinski definition) is 3. The van der Waals surface area contributed by atoms with Crippen LogP contribution in [0.1, 0.15) is 23.5 Å². The van der Waals surface area contributed by atoms with E-state index in [9.17, 15) is 0 Å². The predicted molar refractivity (Wildman–Crippen MR) is 57.9 cm³/mol. The van der Waals surface area contributed by atoms with Gasteiger partial charge in [-0.3, -0.25) is 4.40 Å². The van der Waals surface area contributed by atoms with Crippen LogP contribution in [-0.4, -0.2) is 15.9 Å². The molecule has 1 aliphatic rings. The number of aryl methyl sites for hydroxylation is 2. The summed E-state index contributed by atoms with van der Waals surface area (Å²) in [6, 6.07) is 0. The van der Waals surface area contributed by atoms with Crippen LogP contribution in [-0.2, 0) is 19.3 Å². The normalized spacial score (nSPS) is 15.2. The lowest BCUT2D eigenvalue weighted by molar-refractivity contribution is 0.843. The van der Waals surface area contributed by atoms with Gasteiger partial charge < -0.3 is 5.73 Å². The molecule has 0 saturated heterocycles. The van der Waals surface area contributed by atoms with E-state index in [1.54, 1.807) is 11.3 Å². The molecule has 0 saturated carbocycles. The Morgan fingerprint density at radius 2 is 2.43 bits per heavy atom. The molecule has 0 unspecified atom stereocenters. The van der Waals surface area contributed by atoms with Crippen LogP contribution in [0.4, 0.5) is 0 Å². The van der Waals surface area contributed by atoms with E-state index < -0.39 is 0 Å². The molecule has 0 spiro atoms. The average Bonchev–Trinajstić information content (AvgIpc) is 2.77. The molecular weight excluding hydrogens is 194 g/mol. The summed E-state index contributed by atoms with van der Waals surface area (Å²) >= 11 is 1.73. The Kier molecular flexibility index (Phi) is 1.85. The van der Waals surface area contributed by atoms with E-state index >= 15 is 0 Å². The van der Waals surface area contributed by atoms with E-state index in [1.165, 1.54) is 29.9 Å². The van der Waals surface area contributed by atoms with Crippen LogP contribution in [0.25, 0.3) is 4.96 Å². The van der Waals surface area contributed by atoms with Crippen molar-refractivity contribution in [3.63, 3.8) is 0 Å². The van der Waals surface area contributed by atoms with E-state index in [-0.39, 0.29) is 0 Å². The fourth-order valence-electron chi connectivity index (χ4n) is 2.22. The highest BCUT2D eigenvalue weighted by atomic mass is 32.1. The lowest BCUT2D eigenvalue weighted by atomic mass is 10.3. The van der Waals surface area contributed by atoms with Gasteiger partial charge in [0.05, 0.1) is 5.69 Å². The zero-order valence-electron chi connectivity index (χ0n) is 7.99. The molecule has 0 aromatic carbocycles. The van der Waals surface area contributed by atoms with Crippen molar-refractivity contribution in [3.05, 3.63) is 22.5 Å². The van der Waals surface area contributed by atoms with E-state index in [0.717, 1.165) is 24.3 Å². The third kappa shape index (κ3) is 1.04. The van der Waals surface area contributed by atoms with E-state index in [2.05, 4.69) is 14.8 Å². The molecule has 2 heterocycles. The number of thiazole rings is 1. The molecule has 0 bridgehead atoms. The minimum absolute atomic E-state index is 0.721. The van der Waals surface area contributed by atoms with Gasteiger partial charge in [-0.2, -0.15) is 0 Å². The summed E-state index contributed by atoms with van der Waals surface area (Å²) in [4.78, 5) is 5.79. The highest BCUT2D eigenvalue weighted by Crippen LogP contribution is 2.27. The first-order chi connectivity index (χ1) is 6.90. The third-order valence-electron chi connectivity index (χ3n) is 2.84.